The van der Waals surface area contributed by atoms with E-state index in [1.54, 1.807) is 6.20 Å². The predicted octanol–water partition coefficient (Wildman–Crippen LogP) is 2.26. The van der Waals surface area contributed by atoms with Crippen LogP contribution in [0.1, 0.15) is 59.3 Å². The van der Waals surface area contributed by atoms with E-state index < -0.39 is 0 Å². The second-order valence-electron chi connectivity index (χ2n) is 5.18. The predicted molar refractivity (Wildman–Crippen MR) is 80.0 cm³/mol. The van der Waals surface area contributed by atoms with Gasteiger partial charge in [0.15, 0.2) is 0 Å². The summed E-state index contributed by atoms with van der Waals surface area (Å²) in [5, 5.41) is 10.1. The Morgan fingerprint density at radius 1 is 1.43 bits per heavy atom. The zero-order valence-corrected chi connectivity index (χ0v) is 12.9. The van der Waals surface area contributed by atoms with Crippen LogP contribution in [0.3, 0.4) is 0 Å². The van der Waals surface area contributed by atoms with Crippen LogP contribution in [0.15, 0.2) is 12.5 Å². The number of nitrogens with zero attached hydrogens (tertiary/aromatic N) is 3. The van der Waals surface area contributed by atoms with Crippen LogP contribution in [-0.4, -0.2) is 26.1 Å². The molecular formula is C15H21N5O. The molecule has 1 atom stereocenters. The van der Waals surface area contributed by atoms with Crippen molar-refractivity contribution in [3.8, 4) is 0 Å². The number of hydrogen-bond donors (Lipinski definition) is 2. The summed E-state index contributed by atoms with van der Waals surface area (Å²) in [6.45, 7) is 7.89. The molecule has 112 valence electrons. The Labute approximate surface area is 124 Å². The van der Waals surface area contributed by atoms with Gasteiger partial charge in [0, 0.05) is 17.5 Å². The average Bonchev–Trinajstić information content (AvgIpc) is 2.79. The Morgan fingerprint density at radius 2 is 2.19 bits per heavy atom. The second kappa shape index (κ2) is 6.47. The molecule has 0 spiro atoms. The topological polar surface area (TPSA) is 83.6 Å². The second-order valence-corrected chi connectivity index (χ2v) is 5.18. The average molecular weight is 287 g/mol. The quantitative estimate of drug-likeness (QED) is 0.883. The van der Waals surface area contributed by atoms with E-state index in [1.807, 2.05) is 20.8 Å². The normalized spacial score (nSPS) is 12.2. The van der Waals surface area contributed by atoms with Gasteiger partial charge >= 0.3 is 0 Å². The van der Waals surface area contributed by atoms with E-state index in [9.17, 15) is 4.79 Å². The van der Waals surface area contributed by atoms with Crippen molar-refractivity contribution < 1.29 is 4.79 Å². The van der Waals surface area contributed by atoms with Crippen LogP contribution in [0.4, 0.5) is 0 Å². The van der Waals surface area contributed by atoms with Gasteiger partial charge in [0.1, 0.15) is 6.33 Å². The number of H-pyrrole nitrogens is 1. The number of aromatic amines is 1. The van der Waals surface area contributed by atoms with Crippen molar-refractivity contribution in [2.24, 2.45) is 0 Å². The van der Waals surface area contributed by atoms with E-state index in [0.29, 0.717) is 5.56 Å². The molecule has 0 bridgehead atoms. The van der Waals surface area contributed by atoms with Gasteiger partial charge in [0.25, 0.3) is 5.91 Å². The molecule has 0 saturated heterocycles. The Morgan fingerprint density at radius 3 is 2.81 bits per heavy atom. The molecule has 2 heterocycles. The summed E-state index contributed by atoms with van der Waals surface area (Å²) < 4.78 is 0. The molecule has 0 aliphatic rings. The Balaban J connectivity index is 2.18. The molecule has 6 heteroatoms. The summed E-state index contributed by atoms with van der Waals surface area (Å²) in [7, 11) is 0. The third kappa shape index (κ3) is 3.26. The smallest absolute Gasteiger partial charge is 0.255 e. The van der Waals surface area contributed by atoms with Gasteiger partial charge in [0.05, 0.1) is 23.0 Å². The zero-order valence-electron chi connectivity index (χ0n) is 12.9. The van der Waals surface area contributed by atoms with Gasteiger partial charge in [-0.15, -0.1) is 0 Å². The molecule has 6 nitrogen and oxygen atoms in total. The van der Waals surface area contributed by atoms with Gasteiger partial charge in [-0.2, -0.15) is 5.10 Å². The first-order valence-corrected chi connectivity index (χ1v) is 7.15. The van der Waals surface area contributed by atoms with Gasteiger partial charge < -0.3 is 5.32 Å². The summed E-state index contributed by atoms with van der Waals surface area (Å²) >= 11 is 0. The van der Waals surface area contributed by atoms with E-state index in [2.05, 4.69) is 32.4 Å². The number of aromatic nitrogens is 4. The minimum Gasteiger partial charge on any atom is -0.345 e. The highest BCUT2D eigenvalue weighted by atomic mass is 16.1. The SMILES string of the molecule is CCCc1ncncc1C(=O)NC(C)c1c(C)n[nH]c1C. The fourth-order valence-corrected chi connectivity index (χ4v) is 2.52. The lowest BCUT2D eigenvalue weighted by atomic mass is 10.1. The number of hydrogen-bond acceptors (Lipinski definition) is 4. The molecule has 0 saturated carbocycles. The van der Waals surface area contributed by atoms with Crippen LogP contribution < -0.4 is 5.32 Å². The van der Waals surface area contributed by atoms with Gasteiger partial charge in [0.2, 0.25) is 0 Å². The molecule has 0 aromatic carbocycles. The van der Waals surface area contributed by atoms with E-state index in [1.165, 1.54) is 6.33 Å². The van der Waals surface area contributed by atoms with Crippen LogP contribution >= 0.6 is 0 Å². The molecule has 21 heavy (non-hydrogen) atoms. The monoisotopic (exact) mass is 287 g/mol. The molecule has 0 aliphatic carbocycles. The summed E-state index contributed by atoms with van der Waals surface area (Å²) in [4.78, 5) is 20.6. The first-order valence-electron chi connectivity index (χ1n) is 7.15. The molecule has 2 N–H and O–H groups in total. The Bertz CT molecular complexity index is 615. The van der Waals surface area contributed by atoms with Gasteiger partial charge in [-0.1, -0.05) is 13.3 Å². The van der Waals surface area contributed by atoms with E-state index in [0.717, 1.165) is 35.5 Å². The summed E-state index contributed by atoms with van der Waals surface area (Å²) in [6, 6.07) is -0.120. The van der Waals surface area contributed by atoms with Crippen molar-refractivity contribution in [2.45, 2.75) is 46.6 Å². The third-order valence-corrected chi connectivity index (χ3v) is 3.49. The number of rotatable bonds is 5. The maximum absolute atomic E-state index is 12.4. The molecular weight excluding hydrogens is 266 g/mol. The van der Waals surface area contributed by atoms with Crippen molar-refractivity contribution in [2.75, 3.05) is 0 Å². The highest BCUT2D eigenvalue weighted by Gasteiger charge is 2.19. The lowest BCUT2D eigenvalue weighted by molar-refractivity contribution is 0.0938. The number of nitrogens with one attached hydrogen (secondary N) is 2. The van der Waals surface area contributed by atoms with Crippen LogP contribution in [-0.2, 0) is 6.42 Å². The third-order valence-electron chi connectivity index (χ3n) is 3.49. The molecule has 2 rings (SSSR count). The molecule has 2 aromatic rings. The molecule has 2 aromatic heterocycles. The van der Waals surface area contributed by atoms with Crippen molar-refractivity contribution >= 4 is 5.91 Å². The Kier molecular flexibility index (Phi) is 4.67. The fourth-order valence-electron chi connectivity index (χ4n) is 2.52. The van der Waals surface area contributed by atoms with Crippen molar-refractivity contribution in [1.29, 1.82) is 0 Å². The van der Waals surface area contributed by atoms with Crippen molar-refractivity contribution in [1.82, 2.24) is 25.5 Å². The molecule has 0 aliphatic heterocycles. The molecule has 0 fully saturated rings. The highest BCUT2D eigenvalue weighted by Crippen LogP contribution is 2.19. The fraction of sp³-hybridized carbons (Fsp3) is 0.467. The van der Waals surface area contributed by atoms with Crippen LogP contribution in [0, 0.1) is 13.8 Å². The maximum atomic E-state index is 12.4. The number of carbonyl (C=O) groups is 1. The molecule has 1 amide bonds. The van der Waals surface area contributed by atoms with Crippen molar-refractivity contribution in [3.63, 3.8) is 0 Å². The lowest BCUT2D eigenvalue weighted by Gasteiger charge is -2.15. The molecule has 1 unspecified atom stereocenters. The summed E-state index contributed by atoms with van der Waals surface area (Å²) in [5.41, 5.74) is 4.23. The summed E-state index contributed by atoms with van der Waals surface area (Å²) in [5.74, 6) is -0.147. The van der Waals surface area contributed by atoms with E-state index in [-0.39, 0.29) is 11.9 Å². The maximum Gasteiger partial charge on any atom is 0.255 e. The minimum atomic E-state index is -0.147. The van der Waals surface area contributed by atoms with Gasteiger partial charge in [-0.25, -0.2) is 9.97 Å². The lowest BCUT2D eigenvalue weighted by Crippen LogP contribution is -2.28. The van der Waals surface area contributed by atoms with Gasteiger partial charge in [-0.3, -0.25) is 9.89 Å². The largest absolute Gasteiger partial charge is 0.345 e. The standard InChI is InChI=1S/C15H21N5O/c1-5-6-13-12(7-16-8-17-13)15(21)18-9(2)14-10(3)19-20-11(14)4/h7-9H,5-6H2,1-4H3,(H,18,21)(H,19,20). The van der Waals surface area contributed by atoms with Crippen LogP contribution in [0.5, 0.6) is 0 Å². The van der Waals surface area contributed by atoms with Crippen LogP contribution in [0.25, 0.3) is 0 Å². The number of amides is 1. The van der Waals surface area contributed by atoms with E-state index in [4.69, 9.17) is 0 Å². The Hall–Kier alpha value is -2.24. The first kappa shape index (κ1) is 15.2. The zero-order chi connectivity index (χ0) is 15.4. The number of carbonyl (C=O) groups excluding carboxylic acids is 1. The highest BCUT2D eigenvalue weighted by molar-refractivity contribution is 5.95. The van der Waals surface area contributed by atoms with E-state index >= 15 is 0 Å². The van der Waals surface area contributed by atoms with Crippen molar-refractivity contribution in [3.05, 3.63) is 40.7 Å². The minimum absolute atomic E-state index is 0.120. The van der Waals surface area contributed by atoms with Crippen LogP contribution in [0.2, 0.25) is 0 Å². The summed E-state index contributed by atoms with van der Waals surface area (Å²) in [6.07, 6.45) is 4.76. The number of aryl methyl sites for hydroxylation is 3. The molecule has 0 radical (unpaired) electrons. The van der Waals surface area contributed by atoms with Gasteiger partial charge in [-0.05, 0) is 27.2 Å². The first-order chi connectivity index (χ1) is 10.0.